The summed E-state index contributed by atoms with van der Waals surface area (Å²) in [7, 11) is 0. The smallest absolute Gasteiger partial charge is 0.230 e. The fourth-order valence-electron chi connectivity index (χ4n) is 2.59. The molecule has 3 rings (SSSR count). The number of nitrogens with zero attached hydrogens (tertiary/aromatic N) is 3. The van der Waals surface area contributed by atoms with Gasteiger partial charge < -0.3 is 11.1 Å². The topological polar surface area (TPSA) is 85.8 Å². The average molecular weight is 345 g/mol. The quantitative estimate of drug-likeness (QED) is 0.786. The van der Waals surface area contributed by atoms with Gasteiger partial charge in [-0.25, -0.2) is 0 Å². The zero-order valence-corrected chi connectivity index (χ0v) is 15.1. The number of carbonyl (C=O) groups is 1. The van der Waals surface area contributed by atoms with Gasteiger partial charge in [0.2, 0.25) is 11.9 Å². The van der Waals surface area contributed by atoms with Crippen LogP contribution in [-0.4, -0.2) is 26.4 Å². The second kappa shape index (κ2) is 6.84. The minimum absolute atomic E-state index is 0.0188. The molecule has 2 aromatic rings. The van der Waals surface area contributed by atoms with Crippen LogP contribution in [0.1, 0.15) is 48.5 Å². The van der Waals surface area contributed by atoms with Crippen molar-refractivity contribution in [1.29, 1.82) is 0 Å². The van der Waals surface area contributed by atoms with Crippen LogP contribution in [0.3, 0.4) is 0 Å². The van der Waals surface area contributed by atoms with E-state index in [1.807, 2.05) is 11.5 Å². The fourth-order valence-corrected chi connectivity index (χ4v) is 3.42. The third-order valence-electron chi connectivity index (χ3n) is 4.34. The highest BCUT2D eigenvalue weighted by atomic mass is 32.2. The number of nitrogen functional groups attached to an aromatic ring is 1. The van der Waals surface area contributed by atoms with Crippen LogP contribution in [0.15, 0.2) is 23.4 Å². The summed E-state index contributed by atoms with van der Waals surface area (Å²) < 4.78 is 1.94. The molecule has 0 radical (unpaired) electrons. The number of amides is 1. The van der Waals surface area contributed by atoms with Crippen LogP contribution in [0.25, 0.3) is 0 Å². The molecule has 0 bridgehead atoms. The van der Waals surface area contributed by atoms with Crippen molar-refractivity contribution in [2.24, 2.45) is 0 Å². The van der Waals surface area contributed by atoms with Crippen LogP contribution >= 0.6 is 11.8 Å². The number of carbonyl (C=O) groups excluding carboxylic acids is 1. The Hall–Kier alpha value is -2.02. The Balaban J connectivity index is 1.56. The van der Waals surface area contributed by atoms with Gasteiger partial charge in [0.15, 0.2) is 5.16 Å². The van der Waals surface area contributed by atoms with Crippen molar-refractivity contribution in [3.8, 4) is 0 Å². The maximum Gasteiger partial charge on any atom is 0.230 e. The van der Waals surface area contributed by atoms with E-state index in [1.165, 1.54) is 22.9 Å². The van der Waals surface area contributed by atoms with Crippen molar-refractivity contribution < 1.29 is 4.79 Å². The molecule has 1 atom stereocenters. The second-order valence-corrected chi connectivity index (χ2v) is 7.31. The van der Waals surface area contributed by atoms with E-state index in [1.54, 1.807) is 0 Å². The van der Waals surface area contributed by atoms with Gasteiger partial charge in [-0.05, 0) is 50.3 Å². The van der Waals surface area contributed by atoms with E-state index in [4.69, 9.17) is 5.73 Å². The molecule has 1 aromatic carbocycles. The van der Waals surface area contributed by atoms with Crippen LogP contribution in [0.5, 0.6) is 0 Å². The Morgan fingerprint density at radius 2 is 2.12 bits per heavy atom. The van der Waals surface area contributed by atoms with Crippen molar-refractivity contribution in [3.05, 3.63) is 34.9 Å². The van der Waals surface area contributed by atoms with Crippen LogP contribution in [0.2, 0.25) is 0 Å². The van der Waals surface area contributed by atoms with E-state index in [2.05, 4.69) is 47.6 Å². The second-order valence-electron chi connectivity index (χ2n) is 6.36. The summed E-state index contributed by atoms with van der Waals surface area (Å²) in [5.74, 6) is 0.721. The Bertz CT molecular complexity index is 753. The van der Waals surface area contributed by atoms with Crippen molar-refractivity contribution in [2.45, 2.75) is 50.9 Å². The van der Waals surface area contributed by atoms with Crippen molar-refractivity contribution >= 4 is 23.6 Å². The first-order valence-corrected chi connectivity index (χ1v) is 9.14. The molecule has 6 nitrogen and oxygen atoms in total. The first-order chi connectivity index (χ1) is 11.5. The summed E-state index contributed by atoms with van der Waals surface area (Å²) in [5.41, 5.74) is 9.45. The highest BCUT2D eigenvalue weighted by Gasteiger charge is 2.29. The van der Waals surface area contributed by atoms with E-state index in [-0.39, 0.29) is 11.9 Å². The van der Waals surface area contributed by atoms with Gasteiger partial charge in [0.05, 0.1) is 11.8 Å². The molecule has 1 saturated carbocycles. The number of aryl methyl sites for hydroxylation is 2. The molecule has 1 aromatic heterocycles. The molecule has 0 aliphatic heterocycles. The molecule has 1 heterocycles. The first kappa shape index (κ1) is 16.8. The highest BCUT2D eigenvalue weighted by molar-refractivity contribution is 7.99. The van der Waals surface area contributed by atoms with Gasteiger partial charge in [-0.3, -0.25) is 9.36 Å². The van der Waals surface area contributed by atoms with Gasteiger partial charge >= 0.3 is 0 Å². The minimum atomic E-state index is -0.0243. The zero-order chi connectivity index (χ0) is 17.3. The molecule has 1 amide bonds. The molecule has 0 spiro atoms. The molecule has 7 heteroatoms. The lowest BCUT2D eigenvalue weighted by Crippen LogP contribution is -2.28. The van der Waals surface area contributed by atoms with Crippen LogP contribution in [0, 0.1) is 13.8 Å². The Kier molecular flexibility index (Phi) is 4.80. The van der Waals surface area contributed by atoms with Crippen LogP contribution in [-0.2, 0) is 4.79 Å². The average Bonchev–Trinajstić information content (AvgIpc) is 3.31. The monoisotopic (exact) mass is 345 g/mol. The summed E-state index contributed by atoms with van der Waals surface area (Å²) in [6, 6.07) is 6.65. The number of hydrogen-bond acceptors (Lipinski definition) is 5. The van der Waals surface area contributed by atoms with Crippen LogP contribution < -0.4 is 11.1 Å². The number of aromatic nitrogens is 3. The van der Waals surface area contributed by atoms with Gasteiger partial charge in [0, 0.05) is 6.04 Å². The summed E-state index contributed by atoms with van der Waals surface area (Å²) in [6.07, 6.45) is 2.21. The van der Waals surface area contributed by atoms with Crippen LogP contribution in [0.4, 0.5) is 5.95 Å². The summed E-state index contributed by atoms with van der Waals surface area (Å²) in [5, 5.41) is 11.8. The molecule has 24 heavy (non-hydrogen) atoms. The third-order valence-corrected chi connectivity index (χ3v) is 5.29. The van der Waals surface area contributed by atoms with Gasteiger partial charge in [-0.15, -0.1) is 10.2 Å². The van der Waals surface area contributed by atoms with Crippen molar-refractivity contribution in [3.63, 3.8) is 0 Å². The molecular formula is C17H23N5OS. The largest absolute Gasteiger partial charge is 0.368 e. The molecule has 0 saturated heterocycles. The highest BCUT2D eigenvalue weighted by Crippen LogP contribution is 2.39. The lowest BCUT2D eigenvalue weighted by atomic mass is 10.0. The molecule has 128 valence electrons. The number of thioether (sulfide) groups is 1. The third kappa shape index (κ3) is 3.72. The molecule has 1 fully saturated rings. The van der Waals surface area contributed by atoms with Crippen molar-refractivity contribution in [2.75, 3.05) is 11.5 Å². The Morgan fingerprint density at radius 3 is 2.79 bits per heavy atom. The minimum Gasteiger partial charge on any atom is -0.368 e. The first-order valence-electron chi connectivity index (χ1n) is 8.15. The Labute approximate surface area is 146 Å². The molecule has 3 N–H and O–H groups in total. The fraction of sp³-hybridized carbons (Fsp3) is 0.471. The molecule has 1 unspecified atom stereocenters. The SMILES string of the molecule is Cc1ccc(C(C)NC(=O)CSc2nnc(N)n2C2CC2)cc1C. The van der Waals surface area contributed by atoms with Gasteiger partial charge in [0.25, 0.3) is 0 Å². The number of hydrogen-bond donors (Lipinski definition) is 2. The van der Waals surface area contributed by atoms with E-state index >= 15 is 0 Å². The maximum absolute atomic E-state index is 12.2. The summed E-state index contributed by atoms with van der Waals surface area (Å²) in [6.45, 7) is 6.16. The van der Waals surface area contributed by atoms with Gasteiger partial charge in [-0.2, -0.15) is 0 Å². The number of nitrogens with two attached hydrogens (primary N) is 1. The van der Waals surface area contributed by atoms with E-state index in [0.29, 0.717) is 17.7 Å². The van der Waals surface area contributed by atoms with Crippen molar-refractivity contribution in [1.82, 2.24) is 20.1 Å². The molecule has 1 aliphatic rings. The predicted octanol–water partition coefficient (Wildman–Crippen LogP) is 2.78. The number of nitrogens with one attached hydrogen (secondary N) is 1. The summed E-state index contributed by atoms with van der Waals surface area (Å²) >= 11 is 1.38. The maximum atomic E-state index is 12.2. The number of benzene rings is 1. The zero-order valence-electron chi connectivity index (χ0n) is 14.2. The predicted molar refractivity (Wildman–Crippen MR) is 95.9 cm³/mol. The summed E-state index contributed by atoms with van der Waals surface area (Å²) in [4.78, 5) is 12.2. The van der Waals surface area contributed by atoms with Gasteiger partial charge in [-0.1, -0.05) is 30.0 Å². The lowest BCUT2D eigenvalue weighted by molar-refractivity contribution is -0.119. The standard InChI is InChI=1S/C17H23N5OS/c1-10-4-5-13(8-11(10)2)12(3)19-15(23)9-24-17-21-20-16(18)22(17)14-6-7-14/h4-5,8,12,14H,6-7,9H2,1-3H3,(H2,18,20)(H,19,23). The van der Waals surface area contributed by atoms with E-state index in [0.717, 1.165) is 23.6 Å². The normalized spacial score (nSPS) is 15.3. The molecular weight excluding hydrogens is 322 g/mol. The van der Waals surface area contributed by atoms with Gasteiger partial charge in [0.1, 0.15) is 0 Å². The number of anilines is 1. The van der Waals surface area contributed by atoms with E-state index < -0.39 is 0 Å². The lowest BCUT2D eigenvalue weighted by Gasteiger charge is -2.15. The Morgan fingerprint density at radius 1 is 1.38 bits per heavy atom. The number of rotatable bonds is 6. The van der Waals surface area contributed by atoms with E-state index in [9.17, 15) is 4.79 Å². The molecule has 1 aliphatic carbocycles.